The number of fused-ring (bicyclic) bond motifs is 1. The second kappa shape index (κ2) is 8.21. The van der Waals surface area contributed by atoms with Gasteiger partial charge in [0.15, 0.2) is 0 Å². The van der Waals surface area contributed by atoms with Gasteiger partial charge in [0.05, 0.1) is 17.9 Å². The van der Waals surface area contributed by atoms with Crippen molar-refractivity contribution in [2.45, 2.75) is 50.5 Å². The van der Waals surface area contributed by atoms with Gasteiger partial charge < -0.3 is 10.6 Å². The van der Waals surface area contributed by atoms with E-state index in [1.807, 2.05) is 36.2 Å². The maximum absolute atomic E-state index is 13.5. The fourth-order valence-corrected chi connectivity index (χ4v) is 5.17. The molecule has 6 heteroatoms. The molecule has 0 bridgehead atoms. The Morgan fingerprint density at radius 2 is 1.93 bits per heavy atom. The summed E-state index contributed by atoms with van der Waals surface area (Å²) in [6.45, 7) is 3.40. The van der Waals surface area contributed by atoms with Crippen molar-refractivity contribution in [2.75, 3.05) is 43.4 Å². The molecule has 28 heavy (non-hydrogen) atoms. The molecule has 0 unspecified atom stereocenters. The van der Waals surface area contributed by atoms with Gasteiger partial charge >= 0.3 is 0 Å². The van der Waals surface area contributed by atoms with Crippen molar-refractivity contribution in [2.24, 2.45) is 5.92 Å². The van der Waals surface area contributed by atoms with Crippen LogP contribution in [0.5, 0.6) is 0 Å². The number of anilines is 2. The minimum absolute atomic E-state index is 0.0113. The van der Waals surface area contributed by atoms with Crippen LogP contribution in [0.25, 0.3) is 0 Å². The standard InChI is InChI=1S/C22H32N4O2/c1-23-13-8-17-9-14-25(15-10-17)16-20(27)26-19-7-3-2-6-18(19)24-21(28)22(26)11-4-5-12-22/h2-3,6-7,17,23H,4-5,8-16H2,1H3,(H,24,28). The molecule has 1 aromatic carbocycles. The van der Waals surface area contributed by atoms with Gasteiger partial charge in [0.1, 0.15) is 5.54 Å². The molecule has 2 amide bonds. The lowest BCUT2D eigenvalue weighted by molar-refractivity contribution is -0.128. The fourth-order valence-electron chi connectivity index (χ4n) is 5.17. The van der Waals surface area contributed by atoms with Crippen molar-refractivity contribution in [1.29, 1.82) is 0 Å². The second-order valence-electron chi connectivity index (χ2n) is 8.55. The fraction of sp³-hybridized carbons (Fsp3) is 0.636. The van der Waals surface area contributed by atoms with Crippen LogP contribution in [0.15, 0.2) is 24.3 Å². The van der Waals surface area contributed by atoms with E-state index in [-0.39, 0.29) is 11.8 Å². The first kappa shape index (κ1) is 19.4. The number of nitrogens with zero attached hydrogens (tertiary/aromatic N) is 2. The van der Waals surface area contributed by atoms with E-state index < -0.39 is 5.54 Å². The Kier molecular flexibility index (Phi) is 5.69. The van der Waals surface area contributed by atoms with Gasteiger partial charge in [-0.1, -0.05) is 25.0 Å². The van der Waals surface area contributed by atoms with Gasteiger partial charge in [-0.2, -0.15) is 0 Å². The van der Waals surface area contributed by atoms with E-state index in [0.717, 1.165) is 75.5 Å². The SMILES string of the molecule is CNCCC1CCN(CC(=O)N2c3ccccc3NC(=O)C23CCCC3)CC1. The number of hydrogen-bond donors (Lipinski definition) is 2. The highest BCUT2D eigenvalue weighted by Crippen LogP contribution is 2.45. The number of nitrogens with one attached hydrogen (secondary N) is 2. The van der Waals surface area contributed by atoms with Gasteiger partial charge in [-0.25, -0.2) is 0 Å². The summed E-state index contributed by atoms with van der Waals surface area (Å²) in [7, 11) is 2.00. The molecule has 1 spiro atoms. The molecule has 0 radical (unpaired) electrons. The van der Waals surface area contributed by atoms with Crippen LogP contribution in [-0.4, -0.2) is 55.5 Å². The average Bonchev–Trinajstić information content (AvgIpc) is 3.19. The lowest BCUT2D eigenvalue weighted by atomic mass is 9.89. The molecular formula is C22H32N4O2. The Bertz CT molecular complexity index is 721. The van der Waals surface area contributed by atoms with Crippen LogP contribution >= 0.6 is 0 Å². The van der Waals surface area contributed by atoms with Crippen molar-refractivity contribution >= 4 is 23.2 Å². The third kappa shape index (κ3) is 3.55. The summed E-state index contributed by atoms with van der Waals surface area (Å²) >= 11 is 0. The third-order valence-corrected chi connectivity index (χ3v) is 6.79. The van der Waals surface area contributed by atoms with Crippen LogP contribution in [0.3, 0.4) is 0 Å². The minimum Gasteiger partial charge on any atom is -0.322 e. The van der Waals surface area contributed by atoms with Crippen LogP contribution in [-0.2, 0) is 9.59 Å². The number of amides is 2. The number of hydrogen-bond acceptors (Lipinski definition) is 4. The zero-order valence-electron chi connectivity index (χ0n) is 16.9. The van der Waals surface area contributed by atoms with E-state index in [1.165, 1.54) is 6.42 Å². The van der Waals surface area contributed by atoms with Crippen LogP contribution in [0.4, 0.5) is 11.4 Å². The zero-order valence-corrected chi connectivity index (χ0v) is 16.9. The highest BCUT2D eigenvalue weighted by atomic mass is 16.2. The van der Waals surface area contributed by atoms with Gasteiger partial charge in [0, 0.05) is 0 Å². The lowest BCUT2D eigenvalue weighted by Crippen LogP contribution is -2.62. The van der Waals surface area contributed by atoms with Crippen molar-refractivity contribution < 1.29 is 9.59 Å². The maximum atomic E-state index is 13.5. The highest BCUT2D eigenvalue weighted by Gasteiger charge is 2.52. The maximum Gasteiger partial charge on any atom is 0.250 e. The molecule has 1 saturated heterocycles. The Morgan fingerprint density at radius 1 is 1.21 bits per heavy atom. The zero-order chi connectivity index (χ0) is 19.6. The summed E-state index contributed by atoms with van der Waals surface area (Å²) in [5.41, 5.74) is 0.915. The van der Waals surface area contributed by atoms with Crippen LogP contribution < -0.4 is 15.5 Å². The predicted molar refractivity (Wildman–Crippen MR) is 111 cm³/mol. The highest BCUT2D eigenvalue weighted by molar-refractivity contribution is 6.15. The van der Waals surface area contributed by atoms with Crippen LogP contribution in [0.1, 0.15) is 44.9 Å². The molecule has 2 fully saturated rings. The monoisotopic (exact) mass is 384 g/mol. The molecule has 3 aliphatic rings. The molecule has 1 aromatic rings. The minimum atomic E-state index is -0.698. The van der Waals surface area contributed by atoms with Crippen molar-refractivity contribution in [3.05, 3.63) is 24.3 Å². The molecule has 2 heterocycles. The van der Waals surface area contributed by atoms with Gasteiger partial charge in [-0.15, -0.1) is 0 Å². The molecule has 4 rings (SSSR count). The van der Waals surface area contributed by atoms with Crippen LogP contribution in [0, 0.1) is 5.92 Å². The molecule has 2 N–H and O–H groups in total. The van der Waals surface area contributed by atoms with E-state index in [1.54, 1.807) is 0 Å². The van der Waals surface area contributed by atoms with Crippen LogP contribution in [0.2, 0.25) is 0 Å². The topological polar surface area (TPSA) is 64.7 Å². The average molecular weight is 385 g/mol. The van der Waals surface area contributed by atoms with Crippen molar-refractivity contribution in [3.63, 3.8) is 0 Å². The van der Waals surface area contributed by atoms with Crippen molar-refractivity contribution in [3.8, 4) is 0 Å². The van der Waals surface area contributed by atoms with Gasteiger partial charge in [-0.05, 0) is 76.8 Å². The van der Waals surface area contributed by atoms with E-state index in [2.05, 4.69) is 15.5 Å². The van der Waals surface area contributed by atoms with Gasteiger partial charge in [-0.3, -0.25) is 19.4 Å². The first-order valence-corrected chi connectivity index (χ1v) is 10.7. The normalized spacial score (nSPS) is 22.3. The molecule has 1 saturated carbocycles. The molecule has 152 valence electrons. The number of para-hydroxylation sites is 2. The summed E-state index contributed by atoms with van der Waals surface area (Å²) in [6.07, 6.45) is 7.01. The number of piperidine rings is 1. The van der Waals surface area contributed by atoms with Gasteiger partial charge in [0.2, 0.25) is 5.91 Å². The number of carbonyl (C=O) groups excluding carboxylic acids is 2. The number of likely N-dealkylation sites (tertiary alicyclic amines) is 1. The van der Waals surface area contributed by atoms with Crippen molar-refractivity contribution in [1.82, 2.24) is 10.2 Å². The Labute approximate surface area is 167 Å². The van der Waals surface area contributed by atoms with E-state index in [9.17, 15) is 9.59 Å². The summed E-state index contributed by atoms with van der Waals surface area (Å²) in [5.74, 6) is 0.808. The number of rotatable bonds is 5. The molecule has 0 aromatic heterocycles. The first-order valence-electron chi connectivity index (χ1n) is 10.7. The summed E-state index contributed by atoms with van der Waals surface area (Å²) < 4.78 is 0. The van der Waals surface area contributed by atoms with E-state index in [0.29, 0.717) is 6.54 Å². The Hall–Kier alpha value is -1.92. The Morgan fingerprint density at radius 3 is 2.64 bits per heavy atom. The first-order chi connectivity index (χ1) is 13.6. The summed E-state index contributed by atoms with van der Waals surface area (Å²) in [6, 6.07) is 7.72. The molecular weight excluding hydrogens is 352 g/mol. The molecule has 1 aliphatic carbocycles. The van der Waals surface area contributed by atoms with E-state index >= 15 is 0 Å². The third-order valence-electron chi connectivity index (χ3n) is 6.79. The smallest absolute Gasteiger partial charge is 0.250 e. The summed E-state index contributed by atoms with van der Waals surface area (Å²) in [4.78, 5) is 30.6. The number of benzene rings is 1. The quantitative estimate of drug-likeness (QED) is 0.819. The Balaban J connectivity index is 1.50. The predicted octanol–water partition coefficient (Wildman–Crippen LogP) is 2.61. The molecule has 2 aliphatic heterocycles. The lowest BCUT2D eigenvalue weighted by Gasteiger charge is -2.45. The van der Waals surface area contributed by atoms with E-state index in [4.69, 9.17) is 0 Å². The van der Waals surface area contributed by atoms with Gasteiger partial charge in [0.25, 0.3) is 5.91 Å². The second-order valence-corrected chi connectivity index (χ2v) is 8.55. The largest absolute Gasteiger partial charge is 0.322 e. The molecule has 6 nitrogen and oxygen atoms in total. The molecule has 0 atom stereocenters. The number of carbonyl (C=O) groups is 2. The summed E-state index contributed by atoms with van der Waals surface area (Å²) in [5, 5.41) is 6.28.